The lowest BCUT2D eigenvalue weighted by molar-refractivity contribution is -0.000970. The number of rotatable bonds is 2. The smallest absolute Gasteiger partial charge is 0.246 e. The molecule has 6 heteroatoms. The minimum Gasteiger partial charge on any atom is -0.493 e. The normalized spacial score (nSPS) is 36.4. The molecule has 0 saturated carbocycles. The van der Waals surface area contributed by atoms with E-state index in [4.69, 9.17) is 9.47 Å². The molecule has 2 heterocycles. The van der Waals surface area contributed by atoms with Crippen molar-refractivity contribution in [3.63, 3.8) is 0 Å². The Kier molecular flexibility index (Phi) is 3.89. The lowest BCUT2D eigenvalue weighted by Crippen LogP contribution is -2.65. The molecule has 1 aromatic rings. The molecule has 0 amide bonds. The fourth-order valence-electron chi connectivity index (χ4n) is 5.70. The highest BCUT2D eigenvalue weighted by molar-refractivity contribution is 8.38. The highest BCUT2D eigenvalue weighted by Crippen LogP contribution is 2.63. The number of piperidine rings is 1. The van der Waals surface area contributed by atoms with Crippen molar-refractivity contribution in [2.45, 2.75) is 35.7 Å². The van der Waals surface area contributed by atoms with Crippen molar-refractivity contribution in [2.24, 2.45) is 5.92 Å². The zero-order chi connectivity index (χ0) is 18.1. The molecular formula is C20H23NO3S2. The number of carbonyl (C=O) groups is 1. The molecule has 0 radical (unpaired) electrons. The van der Waals surface area contributed by atoms with Gasteiger partial charge < -0.3 is 14.4 Å². The van der Waals surface area contributed by atoms with Gasteiger partial charge in [-0.05, 0) is 50.4 Å². The Labute approximate surface area is 162 Å². The largest absolute Gasteiger partial charge is 0.493 e. The number of nitrogens with zero attached hydrogens (tertiary/aromatic N) is 1. The fraction of sp³-hybridized carbons (Fsp3) is 0.550. The molecule has 4 nitrogen and oxygen atoms in total. The zero-order valence-electron chi connectivity index (χ0n) is 15.2. The molecule has 26 heavy (non-hydrogen) atoms. The van der Waals surface area contributed by atoms with Gasteiger partial charge in [0.2, 0.25) is 4.45 Å². The summed E-state index contributed by atoms with van der Waals surface area (Å²) in [6.07, 6.45) is 8.44. The third kappa shape index (κ3) is 2.06. The van der Waals surface area contributed by atoms with Gasteiger partial charge in [-0.2, -0.15) is 0 Å². The van der Waals surface area contributed by atoms with Crippen LogP contribution >= 0.6 is 23.5 Å². The minimum absolute atomic E-state index is 0.0280. The van der Waals surface area contributed by atoms with Crippen LogP contribution in [0.3, 0.4) is 0 Å². The number of hydrogen-bond acceptors (Lipinski definition) is 6. The van der Waals surface area contributed by atoms with Crippen molar-refractivity contribution >= 4 is 28.0 Å². The predicted octanol–water partition coefficient (Wildman–Crippen LogP) is 3.73. The molecule has 5 atom stereocenters. The Morgan fingerprint density at radius 2 is 2.23 bits per heavy atom. The SMILES string of the molecule is COc1ccc2c3c1O[C@H]1C=C[C@H](SC(=O)SC)[C@H]4[C@@H](C2)N(C)CC[C@@]341. The van der Waals surface area contributed by atoms with Gasteiger partial charge in [0.05, 0.1) is 7.11 Å². The molecule has 1 saturated heterocycles. The van der Waals surface area contributed by atoms with Gasteiger partial charge in [0.25, 0.3) is 0 Å². The van der Waals surface area contributed by atoms with E-state index in [2.05, 4.69) is 30.2 Å². The van der Waals surface area contributed by atoms with Crippen LogP contribution in [0.1, 0.15) is 17.5 Å². The van der Waals surface area contributed by atoms with Crippen LogP contribution in [0.2, 0.25) is 0 Å². The summed E-state index contributed by atoms with van der Waals surface area (Å²) in [6, 6.07) is 4.71. The van der Waals surface area contributed by atoms with E-state index in [1.807, 2.05) is 12.3 Å². The number of hydrogen-bond donors (Lipinski definition) is 0. The molecule has 1 fully saturated rings. The molecular weight excluding hydrogens is 366 g/mol. The topological polar surface area (TPSA) is 38.8 Å². The Balaban J connectivity index is 1.71. The van der Waals surface area contributed by atoms with Crippen molar-refractivity contribution in [1.82, 2.24) is 4.90 Å². The highest BCUT2D eigenvalue weighted by atomic mass is 32.2. The lowest BCUT2D eigenvalue weighted by atomic mass is 9.53. The first-order chi connectivity index (χ1) is 12.6. The second-order valence-corrected chi connectivity index (χ2v) is 9.85. The summed E-state index contributed by atoms with van der Waals surface area (Å²) in [5.74, 6) is 2.16. The van der Waals surface area contributed by atoms with E-state index in [0.29, 0.717) is 12.0 Å². The second-order valence-electron chi connectivity index (χ2n) is 7.66. The van der Waals surface area contributed by atoms with Crippen molar-refractivity contribution < 1.29 is 14.3 Å². The van der Waals surface area contributed by atoms with Gasteiger partial charge in [0.15, 0.2) is 11.5 Å². The fourth-order valence-corrected chi connectivity index (χ4v) is 7.39. The number of ether oxygens (including phenoxy) is 2. The first kappa shape index (κ1) is 17.0. The van der Waals surface area contributed by atoms with Crippen LogP contribution in [0.4, 0.5) is 4.79 Å². The first-order valence-corrected chi connectivity index (χ1v) is 11.2. The monoisotopic (exact) mass is 389 g/mol. The molecule has 4 aliphatic rings. The number of methoxy groups -OCH3 is 1. The Bertz CT molecular complexity index is 810. The molecule has 1 spiro atoms. The Morgan fingerprint density at radius 3 is 3.00 bits per heavy atom. The van der Waals surface area contributed by atoms with Gasteiger partial charge >= 0.3 is 0 Å². The van der Waals surface area contributed by atoms with Crippen molar-refractivity contribution in [3.8, 4) is 11.5 Å². The van der Waals surface area contributed by atoms with E-state index < -0.39 is 0 Å². The number of benzene rings is 1. The average Bonchev–Trinajstić information content (AvgIpc) is 2.99. The maximum atomic E-state index is 12.2. The minimum atomic E-state index is -0.0280. The second kappa shape index (κ2) is 5.94. The van der Waals surface area contributed by atoms with E-state index in [1.165, 1.54) is 34.7 Å². The van der Waals surface area contributed by atoms with Gasteiger partial charge in [0, 0.05) is 28.2 Å². The third-order valence-electron chi connectivity index (χ3n) is 6.76. The van der Waals surface area contributed by atoms with Gasteiger partial charge in [-0.3, -0.25) is 4.79 Å². The summed E-state index contributed by atoms with van der Waals surface area (Å²) in [5.41, 5.74) is 2.73. The third-order valence-corrected chi connectivity index (χ3v) is 8.79. The van der Waals surface area contributed by atoms with Crippen LogP contribution < -0.4 is 9.47 Å². The van der Waals surface area contributed by atoms with Crippen molar-refractivity contribution in [1.29, 1.82) is 0 Å². The highest BCUT2D eigenvalue weighted by Gasteiger charge is 2.64. The quantitative estimate of drug-likeness (QED) is 0.718. The summed E-state index contributed by atoms with van der Waals surface area (Å²) in [4.78, 5) is 14.7. The summed E-state index contributed by atoms with van der Waals surface area (Å²) in [7, 11) is 3.94. The van der Waals surface area contributed by atoms with E-state index in [9.17, 15) is 4.79 Å². The summed E-state index contributed by atoms with van der Waals surface area (Å²) in [6.45, 7) is 1.07. The van der Waals surface area contributed by atoms with Gasteiger partial charge in [0.1, 0.15) is 6.10 Å². The van der Waals surface area contributed by atoms with E-state index in [-0.39, 0.29) is 21.2 Å². The Hall–Kier alpha value is -1.11. The number of thioether (sulfide) groups is 2. The number of likely N-dealkylation sites (tertiary alicyclic amines) is 1. The summed E-state index contributed by atoms with van der Waals surface area (Å²) < 4.78 is 12.3. The van der Waals surface area contributed by atoms with Crippen LogP contribution in [0.15, 0.2) is 24.3 Å². The van der Waals surface area contributed by atoms with Crippen LogP contribution in [0.5, 0.6) is 11.5 Å². The zero-order valence-corrected chi connectivity index (χ0v) is 16.9. The van der Waals surface area contributed by atoms with Crippen molar-refractivity contribution in [3.05, 3.63) is 35.4 Å². The average molecular weight is 390 g/mol. The van der Waals surface area contributed by atoms with Crippen LogP contribution in [-0.2, 0) is 11.8 Å². The van der Waals surface area contributed by atoms with Crippen LogP contribution in [0, 0.1) is 5.92 Å². The first-order valence-electron chi connectivity index (χ1n) is 9.10. The number of carbonyl (C=O) groups excluding carboxylic acids is 1. The lowest BCUT2D eigenvalue weighted by Gasteiger charge is -2.58. The molecule has 0 unspecified atom stereocenters. The molecule has 2 aliphatic heterocycles. The van der Waals surface area contributed by atoms with Gasteiger partial charge in [-0.25, -0.2) is 0 Å². The van der Waals surface area contributed by atoms with Gasteiger partial charge in [-0.1, -0.05) is 35.7 Å². The molecule has 5 rings (SSSR count). The molecule has 138 valence electrons. The molecule has 2 bridgehead atoms. The van der Waals surface area contributed by atoms with E-state index >= 15 is 0 Å². The van der Waals surface area contributed by atoms with Crippen LogP contribution in [-0.4, -0.2) is 53.7 Å². The molecule has 2 aliphatic carbocycles. The van der Waals surface area contributed by atoms with Gasteiger partial charge in [-0.15, -0.1) is 0 Å². The standard InChI is InChI=1S/C20H23NO3S2/c1-21-9-8-20-15-7-6-14(26-19(22)25-3)17(20)12(21)10-11-4-5-13(23-2)18(24-15)16(11)20/h4-7,12,14-15,17H,8-10H2,1-3H3/t12-,14+,15+,17-,20-/m1/s1. The summed E-state index contributed by atoms with van der Waals surface area (Å²) >= 11 is 2.81. The molecule has 0 aromatic heterocycles. The van der Waals surface area contributed by atoms with Crippen LogP contribution in [0.25, 0.3) is 0 Å². The van der Waals surface area contributed by atoms with E-state index in [1.54, 1.807) is 7.11 Å². The Morgan fingerprint density at radius 1 is 1.38 bits per heavy atom. The summed E-state index contributed by atoms with van der Waals surface area (Å²) in [5, 5.41) is 0.202. The number of likely N-dealkylation sites (N-methyl/N-ethyl adjacent to an activating group) is 1. The predicted molar refractivity (Wildman–Crippen MR) is 107 cm³/mol. The maximum Gasteiger partial charge on any atom is 0.246 e. The van der Waals surface area contributed by atoms with E-state index in [0.717, 1.165) is 30.9 Å². The maximum absolute atomic E-state index is 12.2. The van der Waals surface area contributed by atoms with Crippen molar-refractivity contribution in [2.75, 3.05) is 27.0 Å². The molecule has 1 aromatic carbocycles. The molecule has 0 N–H and O–H groups in total.